The van der Waals surface area contributed by atoms with Gasteiger partial charge in [0.05, 0.1) is 24.8 Å². The molecule has 0 saturated carbocycles. The molecule has 4 nitrogen and oxygen atoms in total. The van der Waals surface area contributed by atoms with Crippen LogP contribution >= 0.6 is 0 Å². The molecule has 0 amide bonds. The third-order valence-electron chi connectivity index (χ3n) is 2.98. The first kappa shape index (κ1) is 12.0. The molecule has 0 radical (unpaired) electrons. The smallest absolute Gasteiger partial charge is 0.337 e. The van der Waals surface area contributed by atoms with Crippen LogP contribution in [-0.4, -0.2) is 26.3 Å². The minimum Gasteiger partial charge on any atom is -0.465 e. The van der Waals surface area contributed by atoms with Crippen molar-refractivity contribution in [2.75, 3.05) is 20.3 Å². The summed E-state index contributed by atoms with van der Waals surface area (Å²) in [7, 11) is 1.25. The second-order valence-electron chi connectivity index (χ2n) is 4.14. The van der Waals surface area contributed by atoms with E-state index in [4.69, 9.17) is 10.5 Å². The van der Waals surface area contributed by atoms with Gasteiger partial charge in [0.1, 0.15) is 5.82 Å². The Morgan fingerprint density at radius 2 is 2.35 bits per heavy atom. The maximum atomic E-state index is 13.9. The topological polar surface area (TPSA) is 61.5 Å². The highest BCUT2D eigenvalue weighted by atomic mass is 19.1. The molecule has 1 heterocycles. The van der Waals surface area contributed by atoms with Crippen LogP contribution in [0.3, 0.4) is 0 Å². The highest BCUT2D eigenvalue weighted by molar-refractivity contribution is 5.89. The standard InChI is InChI=1S/C12H14FNO3/c1-16-11(15)8-2-3-9(10(13)6-8)12(14)4-5-17-7-12/h2-3,6H,4-5,7,14H2,1H3. The molecule has 2 rings (SSSR count). The molecule has 1 aromatic carbocycles. The van der Waals surface area contributed by atoms with Crippen LogP contribution in [0.15, 0.2) is 18.2 Å². The van der Waals surface area contributed by atoms with Gasteiger partial charge in [-0.15, -0.1) is 0 Å². The van der Waals surface area contributed by atoms with E-state index in [2.05, 4.69) is 4.74 Å². The van der Waals surface area contributed by atoms with Gasteiger partial charge in [0.25, 0.3) is 0 Å². The van der Waals surface area contributed by atoms with Crippen molar-refractivity contribution in [3.63, 3.8) is 0 Å². The normalized spacial score (nSPS) is 23.7. The van der Waals surface area contributed by atoms with Crippen LogP contribution in [0.25, 0.3) is 0 Å². The number of benzene rings is 1. The van der Waals surface area contributed by atoms with Crippen LogP contribution in [0.4, 0.5) is 4.39 Å². The zero-order valence-electron chi connectivity index (χ0n) is 9.53. The van der Waals surface area contributed by atoms with E-state index < -0.39 is 17.3 Å². The first-order chi connectivity index (χ1) is 8.07. The summed E-state index contributed by atoms with van der Waals surface area (Å²) < 4.78 is 23.6. The number of rotatable bonds is 2. The van der Waals surface area contributed by atoms with Gasteiger partial charge >= 0.3 is 5.97 Å². The van der Waals surface area contributed by atoms with Crippen molar-refractivity contribution in [2.45, 2.75) is 12.0 Å². The van der Waals surface area contributed by atoms with Gasteiger partial charge in [0, 0.05) is 12.2 Å². The van der Waals surface area contributed by atoms with Gasteiger partial charge in [-0.05, 0) is 18.6 Å². The Labute approximate surface area is 98.5 Å². The molecule has 0 spiro atoms. The Morgan fingerprint density at radius 3 is 2.88 bits per heavy atom. The summed E-state index contributed by atoms with van der Waals surface area (Å²) in [6.45, 7) is 0.816. The SMILES string of the molecule is COC(=O)c1ccc(C2(N)CCOC2)c(F)c1. The molecule has 1 fully saturated rings. The van der Waals surface area contributed by atoms with Crippen LogP contribution in [-0.2, 0) is 15.0 Å². The third kappa shape index (κ3) is 2.16. The number of nitrogens with two attached hydrogens (primary N) is 1. The monoisotopic (exact) mass is 239 g/mol. The average molecular weight is 239 g/mol. The lowest BCUT2D eigenvalue weighted by Gasteiger charge is -2.23. The zero-order valence-corrected chi connectivity index (χ0v) is 9.53. The van der Waals surface area contributed by atoms with Crippen molar-refractivity contribution in [3.05, 3.63) is 35.1 Å². The second kappa shape index (κ2) is 4.43. The number of esters is 1. The molecule has 1 saturated heterocycles. The third-order valence-corrected chi connectivity index (χ3v) is 2.98. The molecule has 1 aliphatic rings. The number of hydrogen-bond donors (Lipinski definition) is 1. The van der Waals surface area contributed by atoms with Crippen molar-refractivity contribution in [1.82, 2.24) is 0 Å². The molecule has 1 unspecified atom stereocenters. The average Bonchev–Trinajstić information content (AvgIpc) is 2.75. The fraction of sp³-hybridized carbons (Fsp3) is 0.417. The van der Waals surface area contributed by atoms with E-state index >= 15 is 0 Å². The van der Waals surface area contributed by atoms with E-state index in [0.29, 0.717) is 25.2 Å². The summed E-state index contributed by atoms with van der Waals surface area (Å²) >= 11 is 0. The molecule has 0 aromatic heterocycles. The second-order valence-corrected chi connectivity index (χ2v) is 4.14. The Bertz CT molecular complexity index is 441. The van der Waals surface area contributed by atoms with E-state index in [1.807, 2.05) is 0 Å². The molecule has 2 N–H and O–H groups in total. The van der Waals surface area contributed by atoms with Crippen LogP contribution in [0, 0.1) is 5.82 Å². The van der Waals surface area contributed by atoms with E-state index in [0.717, 1.165) is 6.07 Å². The number of hydrogen-bond acceptors (Lipinski definition) is 4. The summed E-state index contributed by atoms with van der Waals surface area (Å²) in [6.07, 6.45) is 0.571. The first-order valence-electron chi connectivity index (χ1n) is 5.32. The van der Waals surface area contributed by atoms with Gasteiger partial charge in [-0.2, -0.15) is 0 Å². The van der Waals surface area contributed by atoms with E-state index in [1.54, 1.807) is 0 Å². The first-order valence-corrected chi connectivity index (χ1v) is 5.32. The van der Waals surface area contributed by atoms with E-state index in [-0.39, 0.29) is 5.56 Å². The lowest BCUT2D eigenvalue weighted by molar-refractivity contribution is 0.0600. The van der Waals surface area contributed by atoms with Crippen LogP contribution in [0.5, 0.6) is 0 Å². The maximum Gasteiger partial charge on any atom is 0.337 e. The van der Waals surface area contributed by atoms with Crippen molar-refractivity contribution in [2.24, 2.45) is 5.73 Å². The quantitative estimate of drug-likeness (QED) is 0.787. The van der Waals surface area contributed by atoms with Crippen LogP contribution in [0.1, 0.15) is 22.3 Å². The van der Waals surface area contributed by atoms with Crippen molar-refractivity contribution < 1.29 is 18.7 Å². The van der Waals surface area contributed by atoms with Crippen LogP contribution < -0.4 is 5.73 Å². The lowest BCUT2D eigenvalue weighted by atomic mass is 9.89. The molecular weight excluding hydrogens is 225 g/mol. The van der Waals surface area contributed by atoms with Gasteiger partial charge in [-0.25, -0.2) is 9.18 Å². The molecular formula is C12H14FNO3. The Kier molecular flexibility index (Phi) is 3.13. The van der Waals surface area contributed by atoms with E-state index in [1.165, 1.54) is 19.2 Å². The lowest BCUT2D eigenvalue weighted by Crippen LogP contribution is -2.38. The maximum absolute atomic E-state index is 13.9. The van der Waals surface area contributed by atoms with E-state index in [9.17, 15) is 9.18 Å². The molecule has 92 valence electrons. The minimum absolute atomic E-state index is 0.177. The summed E-state index contributed by atoms with van der Waals surface area (Å²) in [5.41, 5.74) is 5.82. The van der Waals surface area contributed by atoms with Gasteiger partial charge in [-0.3, -0.25) is 0 Å². The fourth-order valence-corrected chi connectivity index (χ4v) is 1.96. The molecule has 0 aliphatic carbocycles. The molecule has 1 atom stereocenters. The molecule has 1 aliphatic heterocycles. The fourth-order valence-electron chi connectivity index (χ4n) is 1.96. The summed E-state index contributed by atoms with van der Waals surface area (Å²) in [6, 6.07) is 4.18. The zero-order chi connectivity index (χ0) is 12.5. The highest BCUT2D eigenvalue weighted by Crippen LogP contribution is 2.30. The summed E-state index contributed by atoms with van der Waals surface area (Å²) in [4.78, 5) is 11.2. The molecule has 0 bridgehead atoms. The van der Waals surface area contributed by atoms with Crippen molar-refractivity contribution in [1.29, 1.82) is 0 Å². The number of halogens is 1. The predicted molar refractivity (Wildman–Crippen MR) is 59.0 cm³/mol. The molecule has 1 aromatic rings. The summed E-state index contributed by atoms with van der Waals surface area (Å²) in [5, 5.41) is 0. The minimum atomic E-state index is -0.793. The number of ether oxygens (including phenoxy) is 2. The number of carbonyl (C=O) groups is 1. The molecule has 5 heteroatoms. The molecule has 17 heavy (non-hydrogen) atoms. The largest absolute Gasteiger partial charge is 0.465 e. The Morgan fingerprint density at radius 1 is 1.59 bits per heavy atom. The van der Waals surface area contributed by atoms with Crippen molar-refractivity contribution >= 4 is 5.97 Å². The van der Waals surface area contributed by atoms with Gasteiger partial charge in [0.2, 0.25) is 0 Å². The summed E-state index contributed by atoms with van der Waals surface area (Å²) in [5.74, 6) is -1.06. The van der Waals surface area contributed by atoms with Crippen LogP contribution in [0.2, 0.25) is 0 Å². The van der Waals surface area contributed by atoms with Gasteiger partial charge < -0.3 is 15.2 Å². The Hall–Kier alpha value is -1.46. The number of carbonyl (C=O) groups excluding carboxylic acids is 1. The Balaban J connectivity index is 2.34. The predicted octanol–water partition coefficient (Wildman–Crippen LogP) is 1.19. The highest BCUT2D eigenvalue weighted by Gasteiger charge is 2.34. The van der Waals surface area contributed by atoms with Gasteiger partial charge in [-0.1, -0.05) is 6.07 Å². The number of methoxy groups -OCH3 is 1. The van der Waals surface area contributed by atoms with Gasteiger partial charge in [0.15, 0.2) is 0 Å². The van der Waals surface area contributed by atoms with Crippen molar-refractivity contribution in [3.8, 4) is 0 Å².